The van der Waals surface area contributed by atoms with Crippen LogP contribution in [-0.4, -0.2) is 42.5 Å². The lowest BCUT2D eigenvalue weighted by Crippen LogP contribution is -2.42. The monoisotopic (exact) mass is 283 g/mol. The highest BCUT2D eigenvalue weighted by Gasteiger charge is 2.17. The summed E-state index contributed by atoms with van der Waals surface area (Å²) in [6.45, 7) is 7.27. The van der Waals surface area contributed by atoms with Crippen LogP contribution in [0.5, 0.6) is 0 Å². The van der Waals surface area contributed by atoms with E-state index in [0.29, 0.717) is 10.8 Å². The van der Waals surface area contributed by atoms with Crippen LogP contribution >= 0.6 is 11.3 Å². The van der Waals surface area contributed by atoms with Gasteiger partial charge in [-0.25, -0.2) is 4.98 Å². The second-order valence-electron chi connectivity index (χ2n) is 5.53. The van der Waals surface area contributed by atoms with Gasteiger partial charge in [0.2, 0.25) is 0 Å². The number of carbonyl (C=O) groups excluding carboxylic acids is 1. The number of hydrogen-bond donors (Lipinski definition) is 1. The number of hydrogen-bond acceptors (Lipinski definition) is 4. The number of aromatic nitrogens is 1. The highest BCUT2D eigenvalue weighted by Crippen LogP contribution is 2.14. The molecule has 0 radical (unpaired) electrons. The first-order valence-electron chi connectivity index (χ1n) is 6.82. The zero-order chi connectivity index (χ0) is 14.4. The summed E-state index contributed by atoms with van der Waals surface area (Å²) in [5, 5.41) is 4.14. The maximum atomic E-state index is 12.2. The molecule has 1 unspecified atom stereocenters. The average Bonchev–Trinajstić information content (AvgIpc) is 2.75. The maximum absolute atomic E-state index is 12.2. The molecule has 1 aromatic rings. The summed E-state index contributed by atoms with van der Waals surface area (Å²) < 4.78 is 0. The third-order valence-electron chi connectivity index (χ3n) is 2.76. The Morgan fingerprint density at radius 3 is 2.63 bits per heavy atom. The van der Waals surface area contributed by atoms with Crippen LogP contribution in [0, 0.1) is 5.92 Å². The number of likely N-dealkylation sites (N-methyl/N-ethyl adjacent to an activating group) is 1. The van der Waals surface area contributed by atoms with Crippen molar-refractivity contribution < 1.29 is 4.79 Å². The second-order valence-corrected chi connectivity index (χ2v) is 6.65. The highest BCUT2D eigenvalue weighted by molar-refractivity contribution is 7.13. The smallest absolute Gasteiger partial charge is 0.263 e. The normalized spacial score (nSPS) is 13.0. The van der Waals surface area contributed by atoms with Crippen molar-refractivity contribution in [3.05, 3.63) is 16.1 Å². The van der Waals surface area contributed by atoms with E-state index in [2.05, 4.69) is 29.0 Å². The summed E-state index contributed by atoms with van der Waals surface area (Å²) in [6, 6.07) is 0.190. The van der Waals surface area contributed by atoms with Crippen molar-refractivity contribution in [1.82, 2.24) is 15.2 Å². The minimum atomic E-state index is 0.00435. The molecule has 1 N–H and O–H groups in total. The lowest BCUT2D eigenvalue weighted by Gasteiger charge is -2.23. The zero-order valence-corrected chi connectivity index (χ0v) is 13.4. The summed E-state index contributed by atoms with van der Waals surface area (Å²) in [5.41, 5.74) is 0. The van der Waals surface area contributed by atoms with Crippen LogP contribution in [0.1, 0.15) is 41.9 Å². The molecule has 0 saturated heterocycles. The molecule has 108 valence electrons. The van der Waals surface area contributed by atoms with Crippen LogP contribution < -0.4 is 5.32 Å². The molecule has 1 amide bonds. The molecule has 1 heterocycles. The summed E-state index contributed by atoms with van der Waals surface area (Å²) in [7, 11) is 4.06. The van der Waals surface area contributed by atoms with Gasteiger partial charge in [-0.05, 0) is 32.9 Å². The van der Waals surface area contributed by atoms with E-state index in [4.69, 9.17) is 0 Å². The van der Waals surface area contributed by atoms with Gasteiger partial charge in [-0.2, -0.15) is 0 Å². The van der Waals surface area contributed by atoms with Gasteiger partial charge in [-0.15, -0.1) is 11.3 Å². The SMILES string of the molecule is CCc1ncc(C(=O)NC(CC(C)C)CN(C)C)s1. The van der Waals surface area contributed by atoms with Gasteiger partial charge in [0.15, 0.2) is 0 Å². The van der Waals surface area contributed by atoms with E-state index in [1.54, 1.807) is 6.20 Å². The fourth-order valence-corrected chi connectivity index (χ4v) is 2.78. The van der Waals surface area contributed by atoms with Gasteiger partial charge in [0.25, 0.3) is 5.91 Å². The Labute approximate surface area is 120 Å². The second kappa shape index (κ2) is 7.60. The Hall–Kier alpha value is -0.940. The minimum absolute atomic E-state index is 0.00435. The molecule has 0 spiro atoms. The first-order valence-corrected chi connectivity index (χ1v) is 7.64. The molecule has 1 atom stereocenters. The Kier molecular flexibility index (Phi) is 6.45. The van der Waals surface area contributed by atoms with E-state index in [1.807, 2.05) is 21.0 Å². The van der Waals surface area contributed by atoms with Gasteiger partial charge in [-0.1, -0.05) is 20.8 Å². The average molecular weight is 283 g/mol. The third kappa shape index (κ3) is 5.70. The van der Waals surface area contributed by atoms with E-state index >= 15 is 0 Å². The van der Waals surface area contributed by atoms with Gasteiger partial charge < -0.3 is 10.2 Å². The van der Waals surface area contributed by atoms with Gasteiger partial charge >= 0.3 is 0 Å². The summed E-state index contributed by atoms with van der Waals surface area (Å²) in [6.07, 6.45) is 3.55. The van der Waals surface area contributed by atoms with Crippen LogP contribution in [0.15, 0.2) is 6.20 Å². The van der Waals surface area contributed by atoms with Crippen molar-refractivity contribution in [2.24, 2.45) is 5.92 Å². The van der Waals surface area contributed by atoms with Crippen LogP contribution in [0.4, 0.5) is 0 Å². The van der Waals surface area contributed by atoms with Gasteiger partial charge in [0.1, 0.15) is 4.88 Å². The Balaban J connectivity index is 2.64. The van der Waals surface area contributed by atoms with Crippen LogP contribution in [0.2, 0.25) is 0 Å². The summed E-state index contributed by atoms with van der Waals surface area (Å²) in [5.74, 6) is 0.572. The maximum Gasteiger partial charge on any atom is 0.263 e. The van der Waals surface area contributed by atoms with Crippen molar-refractivity contribution in [2.75, 3.05) is 20.6 Å². The van der Waals surface area contributed by atoms with Crippen LogP contribution in [-0.2, 0) is 6.42 Å². The minimum Gasteiger partial charge on any atom is -0.347 e. The van der Waals surface area contributed by atoms with E-state index in [1.165, 1.54) is 11.3 Å². The van der Waals surface area contributed by atoms with E-state index in [9.17, 15) is 4.79 Å². The summed E-state index contributed by atoms with van der Waals surface area (Å²) >= 11 is 1.48. The van der Waals surface area contributed by atoms with Gasteiger partial charge in [0.05, 0.1) is 11.2 Å². The molecule has 0 aliphatic carbocycles. The first-order chi connectivity index (χ1) is 8.92. The molecule has 0 bridgehead atoms. The fraction of sp³-hybridized carbons (Fsp3) is 0.714. The van der Waals surface area contributed by atoms with Crippen molar-refractivity contribution in [1.29, 1.82) is 0 Å². The topological polar surface area (TPSA) is 45.2 Å². The molecule has 0 aliphatic heterocycles. The quantitative estimate of drug-likeness (QED) is 0.836. The Bertz CT molecular complexity index is 391. The van der Waals surface area contributed by atoms with E-state index < -0.39 is 0 Å². The number of nitrogens with one attached hydrogen (secondary N) is 1. The predicted molar refractivity (Wildman–Crippen MR) is 80.8 cm³/mol. The molecular formula is C14H25N3OS. The van der Waals surface area contributed by atoms with Crippen molar-refractivity contribution in [3.8, 4) is 0 Å². The standard InChI is InChI=1S/C14H25N3OS/c1-6-13-15-8-12(19-13)14(18)16-11(7-10(2)3)9-17(4)5/h8,10-11H,6-7,9H2,1-5H3,(H,16,18). The molecule has 0 saturated carbocycles. The number of carbonyl (C=O) groups is 1. The molecule has 5 heteroatoms. The molecular weight excluding hydrogens is 258 g/mol. The van der Waals surface area contributed by atoms with E-state index in [0.717, 1.165) is 24.4 Å². The number of thiazole rings is 1. The third-order valence-corrected chi connectivity index (χ3v) is 3.90. The number of nitrogens with zero attached hydrogens (tertiary/aromatic N) is 2. The molecule has 19 heavy (non-hydrogen) atoms. The lowest BCUT2D eigenvalue weighted by atomic mass is 10.0. The molecule has 0 fully saturated rings. The first kappa shape index (κ1) is 16.1. The molecule has 1 aromatic heterocycles. The molecule has 0 aliphatic rings. The van der Waals surface area contributed by atoms with Crippen molar-refractivity contribution in [3.63, 3.8) is 0 Å². The van der Waals surface area contributed by atoms with E-state index in [-0.39, 0.29) is 11.9 Å². The molecule has 0 aromatic carbocycles. The molecule has 4 nitrogen and oxygen atoms in total. The molecule has 1 rings (SSSR count). The zero-order valence-electron chi connectivity index (χ0n) is 12.6. The highest BCUT2D eigenvalue weighted by atomic mass is 32.1. The Morgan fingerprint density at radius 2 is 2.16 bits per heavy atom. The van der Waals surface area contributed by atoms with Crippen LogP contribution in [0.3, 0.4) is 0 Å². The Morgan fingerprint density at radius 1 is 1.47 bits per heavy atom. The number of amides is 1. The lowest BCUT2D eigenvalue weighted by molar-refractivity contribution is 0.0928. The van der Waals surface area contributed by atoms with Crippen LogP contribution in [0.25, 0.3) is 0 Å². The number of aryl methyl sites for hydroxylation is 1. The largest absolute Gasteiger partial charge is 0.347 e. The van der Waals surface area contributed by atoms with Gasteiger partial charge in [0, 0.05) is 12.6 Å². The van der Waals surface area contributed by atoms with Crippen molar-refractivity contribution >= 4 is 17.2 Å². The summed E-state index contributed by atoms with van der Waals surface area (Å²) in [4.78, 5) is 19.2. The fourth-order valence-electron chi connectivity index (χ4n) is 2.02. The van der Waals surface area contributed by atoms with Gasteiger partial charge in [-0.3, -0.25) is 4.79 Å². The van der Waals surface area contributed by atoms with Crippen molar-refractivity contribution in [2.45, 2.75) is 39.7 Å². The number of rotatable bonds is 7. The predicted octanol–water partition coefficient (Wildman–Crippen LogP) is 2.41.